The summed E-state index contributed by atoms with van der Waals surface area (Å²) in [6.45, 7) is 0. The molecule has 0 radical (unpaired) electrons. The summed E-state index contributed by atoms with van der Waals surface area (Å²) in [4.78, 5) is 25.5. The molecule has 3 N–H and O–H groups in total. The zero-order chi connectivity index (χ0) is 43.9. The molecule has 6 aromatic rings. The number of alkyl halides is 6. The summed E-state index contributed by atoms with van der Waals surface area (Å²) in [5.41, 5.74) is -1.43. The van der Waals surface area contributed by atoms with Crippen molar-refractivity contribution in [2.75, 3.05) is 11.5 Å². The van der Waals surface area contributed by atoms with Gasteiger partial charge in [0, 0.05) is 0 Å². The normalized spacial score (nSPS) is 13.5. The Hall–Kier alpha value is -5.63. The Bertz CT molecular complexity index is 2400. The van der Waals surface area contributed by atoms with Crippen LogP contribution in [0.15, 0.2) is 164 Å². The van der Waals surface area contributed by atoms with Crippen LogP contribution in [0.4, 0.5) is 37.7 Å². The van der Waals surface area contributed by atoms with Crippen molar-refractivity contribution in [3.05, 3.63) is 202 Å². The summed E-state index contributed by atoms with van der Waals surface area (Å²) < 4.78 is 85.9. The van der Waals surface area contributed by atoms with Crippen LogP contribution in [0, 0.1) is 10.1 Å². The van der Waals surface area contributed by atoms with Gasteiger partial charge in [0.2, 0.25) is 0 Å². The standard InChI is InChI=1S/C45H38BrF6N4O3PS/c46-60(39-17-9-3-10-18-39,40-19-11-4-12-20-40,29-32-25-34(44(47,48)49)28-35(26-32)45(50,51)52)30-37(27-31-13-5-1-6-14-31)53-42(57)41(33-15-7-2-8-16-33)55-43(61)54-36-21-23-38(24-22-36)56(58)59/h1-26,28,37,41H,27,29-30H2,(H,53,57)(H2,54,55,61)/t37-,41-/m0/s1. The van der Waals surface area contributed by atoms with Gasteiger partial charge in [-0.1, -0.05) is 0 Å². The number of nitro groups is 1. The van der Waals surface area contributed by atoms with E-state index in [0.717, 1.165) is 17.7 Å². The molecule has 0 aliphatic heterocycles. The summed E-state index contributed by atoms with van der Waals surface area (Å²) in [6, 6.07) is 41.0. The number of nitrogens with zero attached hydrogens (tertiary/aromatic N) is 1. The van der Waals surface area contributed by atoms with E-state index in [-0.39, 0.29) is 41.2 Å². The van der Waals surface area contributed by atoms with E-state index in [2.05, 4.69) is 31.4 Å². The first kappa shape index (κ1) is 44.9. The number of anilines is 1. The SMILES string of the molecule is O=C(N[C@@H](Cc1ccccc1)CP(Br)(Cc1cc(C(F)(F)F)cc(C(F)(F)F)c1)(c1ccccc1)c1ccccc1)[C@@H](NC(=S)Nc1ccc([N+](=O)[O-])cc1)c1ccccc1. The number of nitrogens with one attached hydrogen (secondary N) is 3. The first-order chi connectivity index (χ1) is 28.9. The molecule has 0 spiro atoms. The van der Waals surface area contributed by atoms with E-state index in [4.69, 9.17) is 12.2 Å². The van der Waals surface area contributed by atoms with Gasteiger partial charge < -0.3 is 0 Å². The number of benzene rings is 6. The zero-order valence-electron chi connectivity index (χ0n) is 32.0. The first-order valence-electron chi connectivity index (χ1n) is 18.8. The number of non-ortho nitro benzene ring substituents is 1. The number of carbonyl (C=O) groups excluding carboxylic acids is 1. The molecular weight excluding hydrogens is 901 g/mol. The molecule has 2 atom stereocenters. The van der Waals surface area contributed by atoms with E-state index in [1.807, 2.05) is 30.3 Å². The molecule has 316 valence electrons. The third-order valence-electron chi connectivity index (χ3n) is 10.1. The van der Waals surface area contributed by atoms with Crippen molar-refractivity contribution in [1.29, 1.82) is 0 Å². The molecule has 7 nitrogen and oxygen atoms in total. The quantitative estimate of drug-likeness (QED) is 0.0331. The average molecular weight is 940 g/mol. The minimum absolute atomic E-state index is 0.0242. The molecule has 0 aliphatic rings. The van der Waals surface area contributed by atoms with Crippen LogP contribution in [0.1, 0.15) is 33.9 Å². The van der Waals surface area contributed by atoms with Crippen LogP contribution < -0.4 is 26.6 Å². The molecule has 0 unspecified atom stereocenters. The third kappa shape index (κ3) is 11.0. The van der Waals surface area contributed by atoms with Gasteiger partial charge in [-0.3, -0.25) is 10.1 Å². The second kappa shape index (κ2) is 18.6. The molecule has 0 aromatic heterocycles. The Morgan fingerprint density at radius 2 is 1.15 bits per heavy atom. The van der Waals surface area contributed by atoms with Gasteiger partial charge >= 0.3 is 348 Å². The Labute approximate surface area is 361 Å². The summed E-state index contributed by atoms with van der Waals surface area (Å²) in [5.74, 6) is -0.530. The summed E-state index contributed by atoms with van der Waals surface area (Å²) >= 11 is 9.82. The fourth-order valence-corrected chi connectivity index (χ4v) is 15.9. The number of amides is 1. The van der Waals surface area contributed by atoms with Gasteiger partial charge in [-0.15, -0.1) is 0 Å². The summed E-state index contributed by atoms with van der Waals surface area (Å²) in [7, 11) is 0. The summed E-state index contributed by atoms with van der Waals surface area (Å²) in [5, 5.41) is 17.5. The van der Waals surface area contributed by atoms with E-state index < -0.39 is 51.7 Å². The molecule has 0 bridgehead atoms. The summed E-state index contributed by atoms with van der Waals surface area (Å²) in [6.07, 6.45) is -10.2. The number of carbonyl (C=O) groups is 1. The average Bonchev–Trinajstić information content (AvgIpc) is 3.23. The van der Waals surface area contributed by atoms with Crippen LogP contribution in [-0.2, 0) is 29.7 Å². The predicted octanol–water partition coefficient (Wildman–Crippen LogP) is 11.1. The van der Waals surface area contributed by atoms with Crippen molar-refractivity contribution in [3.63, 3.8) is 0 Å². The second-order valence-corrected chi connectivity index (χ2v) is 24.5. The molecule has 16 heteroatoms. The van der Waals surface area contributed by atoms with Gasteiger partial charge in [0.05, 0.1) is 4.92 Å². The molecule has 6 aromatic carbocycles. The topological polar surface area (TPSA) is 96.3 Å². The van der Waals surface area contributed by atoms with Crippen LogP contribution in [0.25, 0.3) is 0 Å². The molecule has 1 amide bonds. The Morgan fingerprint density at radius 3 is 1.62 bits per heavy atom. The van der Waals surface area contributed by atoms with E-state index in [0.29, 0.717) is 21.9 Å². The molecule has 6 rings (SSSR count). The molecular formula is C45H38BrF6N4O3PS. The maximum absolute atomic E-state index is 14.8. The number of hydrogen-bond donors (Lipinski definition) is 3. The van der Waals surface area contributed by atoms with Gasteiger partial charge in [-0.25, -0.2) is 0 Å². The van der Waals surface area contributed by atoms with E-state index in [1.54, 1.807) is 91.0 Å². The molecule has 0 heterocycles. The van der Waals surface area contributed by atoms with Gasteiger partial charge in [0.1, 0.15) is 0 Å². The Morgan fingerprint density at radius 1 is 0.672 bits per heavy atom. The van der Waals surface area contributed by atoms with E-state index >= 15 is 0 Å². The number of halogens is 7. The van der Waals surface area contributed by atoms with Crippen LogP contribution >= 0.6 is 33.0 Å². The van der Waals surface area contributed by atoms with Gasteiger partial charge in [0.15, 0.2) is 0 Å². The molecule has 61 heavy (non-hydrogen) atoms. The Balaban J connectivity index is 1.47. The van der Waals surface area contributed by atoms with Crippen molar-refractivity contribution in [3.8, 4) is 0 Å². The third-order valence-corrected chi connectivity index (χ3v) is 19.6. The van der Waals surface area contributed by atoms with Gasteiger partial charge in [0.25, 0.3) is 0 Å². The van der Waals surface area contributed by atoms with Gasteiger partial charge in [-0.05, 0) is 0 Å². The molecule has 0 saturated heterocycles. The monoisotopic (exact) mass is 938 g/mol. The van der Waals surface area contributed by atoms with Gasteiger partial charge in [-0.2, -0.15) is 0 Å². The number of rotatable bonds is 14. The molecule has 0 aliphatic carbocycles. The van der Waals surface area contributed by atoms with Crippen molar-refractivity contribution >= 4 is 66.0 Å². The van der Waals surface area contributed by atoms with E-state index in [1.165, 1.54) is 24.3 Å². The fraction of sp³-hybridized carbons (Fsp3) is 0.156. The number of nitro benzene ring substituents is 1. The first-order valence-corrected chi connectivity index (χ1v) is 23.8. The Kier molecular flexibility index (Phi) is 13.7. The number of hydrogen-bond acceptors (Lipinski definition) is 4. The zero-order valence-corrected chi connectivity index (χ0v) is 35.3. The number of thiocarbonyl (C=S) groups is 1. The maximum atomic E-state index is 14.8. The second-order valence-electron chi connectivity index (χ2n) is 14.4. The minimum atomic E-state index is -5.07. The van der Waals surface area contributed by atoms with Crippen LogP contribution in [0.5, 0.6) is 0 Å². The van der Waals surface area contributed by atoms with Crippen molar-refractivity contribution in [2.24, 2.45) is 0 Å². The van der Waals surface area contributed by atoms with Crippen molar-refractivity contribution in [2.45, 2.75) is 37.0 Å². The van der Waals surface area contributed by atoms with Crippen molar-refractivity contribution in [1.82, 2.24) is 10.6 Å². The van der Waals surface area contributed by atoms with Crippen LogP contribution in [0.3, 0.4) is 0 Å². The van der Waals surface area contributed by atoms with E-state index in [9.17, 15) is 41.3 Å². The van der Waals surface area contributed by atoms with Crippen LogP contribution in [-0.4, -0.2) is 28.1 Å². The molecule has 0 saturated carbocycles. The predicted molar refractivity (Wildman–Crippen MR) is 237 cm³/mol. The fourth-order valence-electron chi connectivity index (χ4n) is 7.35. The van der Waals surface area contributed by atoms with Crippen molar-refractivity contribution < 1.29 is 36.1 Å². The molecule has 0 fully saturated rings. The van der Waals surface area contributed by atoms with Crippen LogP contribution in [0.2, 0.25) is 0 Å².